The first-order valence-electron chi connectivity index (χ1n) is 7.98. The van der Waals surface area contributed by atoms with Crippen molar-refractivity contribution in [3.05, 3.63) is 75.2 Å². The van der Waals surface area contributed by atoms with Crippen LogP contribution in [-0.4, -0.2) is 23.5 Å². The number of hydrogen-bond donors (Lipinski definition) is 0. The average molecular weight is 421 g/mol. The van der Waals surface area contributed by atoms with E-state index in [-0.39, 0.29) is 18.2 Å². The molecule has 8 heteroatoms. The SMILES string of the molecule is CCOC(=O)c1csc(N(C(=O)c2ccccc2Cl)c2ccc(Cl)cc2)n1. The summed E-state index contributed by atoms with van der Waals surface area (Å²) < 4.78 is 4.97. The fourth-order valence-corrected chi connectivity index (χ4v) is 3.48. The van der Waals surface area contributed by atoms with E-state index < -0.39 is 5.97 Å². The van der Waals surface area contributed by atoms with Crippen LogP contribution in [0.4, 0.5) is 10.8 Å². The van der Waals surface area contributed by atoms with Crippen molar-refractivity contribution in [2.75, 3.05) is 11.5 Å². The number of ether oxygens (including phenoxy) is 1. The van der Waals surface area contributed by atoms with Crippen LogP contribution < -0.4 is 4.90 Å². The number of aromatic nitrogens is 1. The zero-order valence-electron chi connectivity index (χ0n) is 14.2. The zero-order chi connectivity index (χ0) is 19.4. The topological polar surface area (TPSA) is 59.5 Å². The van der Waals surface area contributed by atoms with Gasteiger partial charge in [0.25, 0.3) is 5.91 Å². The van der Waals surface area contributed by atoms with E-state index >= 15 is 0 Å². The predicted octanol–water partition coefficient (Wildman–Crippen LogP) is 5.61. The number of amides is 1. The minimum atomic E-state index is -0.541. The van der Waals surface area contributed by atoms with Crippen molar-refractivity contribution in [1.29, 1.82) is 0 Å². The van der Waals surface area contributed by atoms with Gasteiger partial charge in [-0.25, -0.2) is 9.78 Å². The fourth-order valence-electron chi connectivity index (χ4n) is 2.33. The first-order chi connectivity index (χ1) is 13.0. The zero-order valence-corrected chi connectivity index (χ0v) is 16.5. The van der Waals surface area contributed by atoms with E-state index in [2.05, 4.69) is 4.98 Å². The molecule has 138 valence electrons. The van der Waals surface area contributed by atoms with Gasteiger partial charge in [-0.2, -0.15) is 0 Å². The summed E-state index contributed by atoms with van der Waals surface area (Å²) >= 11 is 13.3. The summed E-state index contributed by atoms with van der Waals surface area (Å²) in [6.07, 6.45) is 0. The Morgan fingerprint density at radius 3 is 2.48 bits per heavy atom. The molecular weight excluding hydrogens is 407 g/mol. The van der Waals surface area contributed by atoms with Gasteiger partial charge in [0.15, 0.2) is 10.8 Å². The highest BCUT2D eigenvalue weighted by Crippen LogP contribution is 2.32. The maximum Gasteiger partial charge on any atom is 0.357 e. The highest BCUT2D eigenvalue weighted by atomic mass is 35.5. The molecule has 0 fully saturated rings. The van der Waals surface area contributed by atoms with Gasteiger partial charge in [0, 0.05) is 10.4 Å². The molecule has 0 N–H and O–H groups in total. The summed E-state index contributed by atoms with van der Waals surface area (Å²) in [5.74, 6) is -0.908. The van der Waals surface area contributed by atoms with Gasteiger partial charge in [0.1, 0.15) is 0 Å². The molecule has 3 aromatic rings. The van der Waals surface area contributed by atoms with Crippen LogP contribution >= 0.6 is 34.5 Å². The first kappa shape index (κ1) is 19.4. The quantitative estimate of drug-likeness (QED) is 0.503. The van der Waals surface area contributed by atoms with E-state index in [4.69, 9.17) is 27.9 Å². The second-order valence-corrected chi connectivity index (χ2v) is 7.01. The molecule has 2 aromatic carbocycles. The molecule has 5 nitrogen and oxygen atoms in total. The first-order valence-corrected chi connectivity index (χ1v) is 9.62. The molecule has 0 radical (unpaired) electrons. The molecule has 3 rings (SSSR count). The Kier molecular flexibility index (Phi) is 6.11. The predicted molar refractivity (Wildman–Crippen MR) is 107 cm³/mol. The van der Waals surface area contributed by atoms with E-state index in [1.807, 2.05) is 0 Å². The average Bonchev–Trinajstić information content (AvgIpc) is 3.14. The van der Waals surface area contributed by atoms with Gasteiger partial charge in [-0.3, -0.25) is 9.69 Å². The van der Waals surface area contributed by atoms with Crippen molar-refractivity contribution in [2.45, 2.75) is 6.92 Å². The van der Waals surface area contributed by atoms with E-state index in [9.17, 15) is 9.59 Å². The highest BCUT2D eigenvalue weighted by Gasteiger charge is 2.25. The Bertz CT molecular complexity index is 973. The smallest absolute Gasteiger partial charge is 0.357 e. The minimum absolute atomic E-state index is 0.141. The Morgan fingerprint density at radius 2 is 1.81 bits per heavy atom. The number of halogens is 2. The van der Waals surface area contributed by atoms with Gasteiger partial charge in [-0.1, -0.05) is 35.3 Å². The number of nitrogens with zero attached hydrogens (tertiary/aromatic N) is 2. The molecule has 0 spiro atoms. The van der Waals surface area contributed by atoms with Crippen LogP contribution in [0.5, 0.6) is 0 Å². The lowest BCUT2D eigenvalue weighted by Gasteiger charge is -2.20. The monoisotopic (exact) mass is 420 g/mol. The van der Waals surface area contributed by atoms with Crippen molar-refractivity contribution in [3.63, 3.8) is 0 Å². The second kappa shape index (κ2) is 8.52. The molecule has 0 unspecified atom stereocenters. The molecule has 1 heterocycles. The van der Waals surface area contributed by atoms with Gasteiger partial charge in [-0.05, 0) is 43.3 Å². The summed E-state index contributed by atoms with van der Waals surface area (Å²) in [5, 5.41) is 2.74. The normalized spacial score (nSPS) is 10.5. The van der Waals surface area contributed by atoms with Crippen LogP contribution in [-0.2, 0) is 4.74 Å². The molecule has 0 aliphatic carbocycles. The lowest BCUT2D eigenvalue weighted by Crippen LogP contribution is -2.26. The van der Waals surface area contributed by atoms with Crippen LogP contribution in [0.1, 0.15) is 27.8 Å². The number of anilines is 2. The van der Waals surface area contributed by atoms with Gasteiger partial charge < -0.3 is 4.74 Å². The van der Waals surface area contributed by atoms with E-state index in [1.165, 1.54) is 4.90 Å². The third-order valence-electron chi connectivity index (χ3n) is 3.56. The molecule has 0 aliphatic heterocycles. The van der Waals surface area contributed by atoms with Gasteiger partial charge in [0.2, 0.25) is 0 Å². The molecule has 0 saturated heterocycles. The van der Waals surface area contributed by atoms with Crippen LogP contribution in [0.25, 0.3) is 0 Å². The summed E-state index contributed by atoms with van der Waals surface area (Å²) in [6.45, 7) is 1.96. The fraction of sp³-hybridized carbons (Fsp3) is 0.105. The van der Waals surface area contributed by atoms with Crippen molar-refractivity contribution < 1.29 is 14.3 Å². The van der Waals surface area contributed by atoms with E-state index in [0.29, 0.717) is 26.4 Å². The number of esters is 1. The van der Waals surface area contributed by atoms with Gasteiger partial charge in [-0.15, -0.1) is 11.3 Å². The molecule has 1 aromatic heterocycles. The molecular formula is C19H14Cl2N2O3S. The molecule has 27 heavy (non-hydrogen) atoms. The van der Waals surface area contributed by atoms with Crippen molar-refractivity contribution in [1.82, 2.24) is 4.98 Å². The molecule has 0 aliphatic rings. The van der Waals surface area contributed by atoms with Gasteiger partial charge >= 0.3 is 5.97 Å². The summed E-state index contributed by atoms with van der Waals surface area (Å²) in [4.78, 5) is 30.8. The maximum atomic E-state index is 13.2. The summed E-state index contributed by atoms with van der Waals surface area (Å²) in [5.41, 5.74) is 1.01. The summed E-state index contributed by atoms with van der Waals surface area (Å²) in [7, 11) is 0. The largest absolute Gasteiger partial charge is 0.461 e. The van der Waals surface area contributed by atoms with Crippen LogP contribution in [0, 0.1) is 0 Å². The van der Waals surface area contributed by atoms with Crippen LogP contribution in [0.3, 0.4) is 0 Å². The van der Waals surface area contributed by atoms with E-state index in [0.717, 1.165) is 11.3 Å². The standard InChI is InChI=1S/C19H14Cl2N2O3S/c1-2-26-18(25)16-11-27-19(22-16)23(13-9-7-12(20)8-10-13)17(24)14-5-3-4-6-15(14)21/h3-11H,2H2,1H3. The number of thiazole rings is 1. The second-order valence-electron chi connectivity index (χ2n) is 5.33. The summed E-state index contributed by atoms with van der Waals surface area (Å²) in [6, 6.07) is 13.5. The Hall–Kier alpha value is -2.41. The van der Waals surface area contributed by atoms with Crippen molar-refractivity contribution >= 4 is 57.2 Å². The highest BCUT2D eigenvalue weighted by molar-refractivity contribution is 7.14. The van der Waals surface area contributed by atoms with Crippen molar-refractivity contribution in [2.24, 2.45) is 0 Å². The number of carbonyl (C=O) groups excluding carboxylic acids is 2. The van der Waals surface area contributed by atoms with Gasteiger partial charge in [0.05, 0.1) is 22.9 Å². The third kappa shape index (κ3) is 4.30. The van der Waals surface area contributed by atoms with Crippen LogP contribution in [0.2, 0.25) is 10.0 Å². The third-order valence-corrected chi connectivity index (χ3v) is 4.97. The van der Waals surface area contributed by atoms with E-state index in [1.54, 1.807) is 60.8 Å². The minimum Gasteiger partial charge on any atom is -0.461 e. The molecule has 0 atom stereocenters. The number of rotatable bonds is 5. The Morgan fingerprint density at radius 1 is 1.11 bits per heavy atom. The number of carbonyl (C=O) groups is 2. The van der Waals surface area contributed by atoms with Crippen molar-refractivity contribution in [3.8, 4) is 0 Å². The Labute approximate surface area is 170 Å². The molecule has 0 bridgehead atoms. The Balaban J connectivity index is 2.06. The lowest BCUT2D eigenvalue weighted by atomic mass is 10.2. The molecule has 1 amide bonds. The maximum absolute atomic E-state index is 13.2. The number of hydrogen-bond acceptors (Lipinski definition) is 5. The number of benzene rings is 2. The lowest BCUT2D eigenvalue weighted by molar-refractivity contribution is 0.0520. The van der Waals surface area contributed by atoms with Crippen LogP contribution in [0.15, 0.2) is 53.9 Å². The molecule has 0 saturated carbocycles.